The molecule has 1 saturated heterocycles. The Bertz CT molecular complexity index is 336. The van der Waals surface area contributed by atoms with Crippen LogP contribution in [0.3, 0.4) is 0 Å². The largest absolute Gasteiger partial charge is 0.312 e. The zero-order valence-electron chi connectivity index (χ0n) is 12.0. The molecule has 2 rings (SSSR count). The van der Waals surface area contributed by atoms with Crippen LogP contribution in [-0.2, 0) is 0 Å². The second kappa shape index (κ2) is 8.62. The summed E-state index contributed by atoms with van der Waals surface area (Å²) in [5.74, 6) is 1.15. The topological polar surface area (TPSA) is 15.3 Å². The van der Waals surface area contributed by atoms with Crippen LogP contribution in [0.25, 0.3) is 0 Å². The van der Waals surface area contributed by atoms with E-state index >= 15 is 0 Å². The van der Waals surface area contributed by atoms with Crippen molar-refractivity contribution in [2.24, 2.45) is 0 Å². The number of piperidine rings is 1. The standard InChI is InChI=1S/C16H26N2S/c1-15(14-18-11-6-3-7-12-18)17-10-13-19-16-8-4-2-5-9-16/h2,4-5,8-9,15,17H,3,6-7,10-14H2,1H3. The van der Waals surface area contributed by atoms with Crippen LogP contribution in [0.4, 0.5) is 0 Å². The van der Waals surface area contributed by atoms with Gasteiger partial charge in [0, 0.05) is 29.8 Å². The van der Waals surface area contributed by atoms with Crippen LogP contribution in [0.1, 0.15) is 26.2 Å². The first-order valence-electron chi connectivity index (χ1n) is 7.48. The second-order valence-electron chi connectivity index (χ2n) is 5.38. The molecule has 0 amide bonds. The molecule has 1 aliphatic heterocycles. The van der Waals surface area contributed by atoms with Crippen LogP contribution in [-0.4, -0.2) is 42.9 Å². The second-order valence-corrected chi connectivity index (χ2v) is 6.55. The summed E-state index contributed by atoms with van der Waals surface area (Å²) in [5.41, 5.74) is 0. The average molecular weight is 278 g/mol. The summed E-state index contributed by atoms with van der Waals surface area (Å²) < 4.78 is 0. The molecule has 0 aromatic heterocycles. The molecule has 0 radical (unpaired) electrons. The summed E-state index contributed by atoms with van der Waals surface area (Å²) >= 11 is 1.93. The summed E-state index contributed by atoms with van der Waals surface area (Å²) in [4.78, 5) is 3.97. The number of hydrogen-bond donors (Lipinski definition) is 1. The Kier molecular flexibility index (Phi) is 6.75. The number of rotatable bonds is 7. The van der Waals surface area contributed by atoms with Gasteiger partial charge < -0.3 is 10.2 Å². The van der Waals surface area contributed by atoms with Gasteiger partial charge in [0.15, 0.2) is 0 Å². The number of benzene rings is 1. The van der Waals surface area contributed by atoms with Crippen LogP contribution in [0.2, 0.25) is 0 Å². The predicted molar refractivity (Wildman–Crippen MR) is 84.9 cm³/mol. The molecule has 106 valence electrons. The van der Waals surface area contributed by atoms with Crippen molar-refractivity contribution in [1.29, 1.82) is 0 Å². The zero-order chi connectivity index (χ0) is 13.3. The molecule has 1 N–H and O–H groups in total. The Morgan fingerprint density at radius 3 is 2.63 bits per heavy atom. The Balaban J connectivity index is 1.55. The van der Waals surface area contributed by atoms with Crippen molar-refractivity contribution in [2.75, 3.05) is 31.9 Å². The number of hydrogen-bond acceptors (Lipinski definition) is 3. The summed E-state index contributed by atoms with van der Waals surface area (Å²) in [6.45, 7) is 7.20. The highest BCUT2D eigenvalue weighted by molar-refractivity contribution is 7.99. The highest BCUT2D eigenvalue weighted by atomic mass is 32.2. The van der Waals surface area contributed by atoms with Gasteiger partial charge in [-0.3, -0.25) is 0 Å². The van der Waals surface area contributed by atoms with Gasteiger partial charge in [-0.2, -0.15) is 0 Å². The van der Waals surface area contributed by atoms with E-state index in [1.54, 1.807) is 0 Å². The van der Waals surface area contributed by atoms with Crippen molar-refractivity contribution in [3.05, 3.63) is 30.3 Å². The molecule has 0 spiro atoms. The molecule has 1 fully saturated rings. The first-order chi connectivity index (χ1) is 9.34. The number of nitrogens with zero attached hydrogens (tertiary/aromatic N) is 1. The SMILES string of the molecule is CC(CN1CCCCC1)NCCSc1ccccc1. The summed E-state index contributed by atoms with van der Waals surface area (Å²) in [6, 6.07) is 11.3. The molecule has 0 aliphatic carbocycles. The van der Waals surface area contributed by atoms with E-state index in [4.69, 9.17) is 0 Å². The van der Waals surface area contributed by atoms with Gasteiger partial charge in [-0.1, -0.05) is 24.6 Å². The molecule has 1 aromatic rings. The van der Waals surface area contributed by atoms with E-state index in [2.05, 4.69) is 47.5 Å². The molecule has 1 aromatic carbocycles. The average Bonchev–Trinajstić information content (AvgIpc) is 2.46. The lowest BCUT2D eigenvalue weighted by atomic mass is 10.1. The smallest absolute Gasteiger partial charge is 0.0167 e. The quantitative estimate of drug-likeness (QED) is 0.609. The molecule has 2 nitrogen and oxygen atoms in total. The van der Waals surface area contributed by atoms with Gasteiger partial charge in [0.05, 0.1) is 0 Å². The van der Waals surface area contributed by atoms with Gasteiger partial charge >= 0.3 is 0 Å². The van der Waals surface area contributed by atoms with Crippen molar-refractivity contribution in [3.63, 3.8) is 0 Å². The highest BCUT2D eigenvalue weighted by Gasteiger charge is 2.12. The van der Waals surface area contributed by atoms with E-state index in [0.717, 1.165) is 12.3 Å². The Morgan fingerprint density at radius 1 is 1.16 bits per heavy atom. The van der Waals surface area contributed by atoms with Crippen molar-refractivity contribution < 1.29 is 0 Å². The molecule has 1 aliphatic rings. The van der Waals surface area contributed by atoms with E-state index in [9.17, 15) is 0 Å². The number of likely N-dealkylation sites (tertiary alicyclic amines) is 1. The van der Waals surface area contributed by atoms with Crippen LogP contribution >= 0.6 is 11.8 Å². The Morgan fingerprint density at radius 2 is 1.89 bits per heavy atom. The predicted octanol–water partition coefficient (Wildman–Crippen LogP) is 3.24. The van der Waals surface area contributed by atoms with E-state index in [-0.39, 0.29) is 0 Å². The number of thioether (sulfide) groups is 1. The summed E-state index contributed by atoms with van der Waals surface area (Å²) in [7, 11) is 0. The van der Waals surface area contributed by atoms with E-state index in [0.29, 0.717) is 6.04 Å². The third-order valence-electron chi connectivity index (χ3n) is 3.59. The summed E-state index contributed by atoms with van der Waals surface area (Å²) in [5, 5.41) is 3.64. The van der Waals surface area contributed by atoms with Crippen LogP contribution in [0.5, 0.6) is 0 Å². The first-order valence-corrected chi connectivity index (χ1v) is 8.47. The molecule has 1 unspecified atom stereocenters. The zero-order valence-corrected chi connectivity index (χ0v) is 12.8. The normalized spacial score (nSPS) is 18.4. The van der Waals surface area contributed by atoms with Crippen LogP contribution in [0.15, 0.2) is 35.2 Å². The lowest BCUT2D eigenvalue weighted by Crippen LogP contribution is -2.42. The third kappa shape index (κ3) is 5.98. The minimum Gasteiger partial charge on any atom is -0.312 e. The van der Waals surface area contributed by atoms with Gasteiger partial charge in [0.2, 0.25) is 0 Å². The fourth-order valence-electron chi connectivity index (χ4n) is 2.58. The van der Waals surface area contributed by atoms with E-state index < -0.39 is 0 Å². The minimum atomic E-state index is 0.606. The molecule has 19 heavy (non-hydrogen) atoms. The maximum absolute atomic E-state index is 3.64. The molecule has 0 saturated carbocycles. The van der Waals surface area contributed by atoms with Gasteiger partial charge in [-0.05, 0) is 45.0 Å². The van der Waals surface area contributed by atoms with Crippen LogP contribution < -0.4 is 5.32 Å². The van der Waals surface area contributed by atoms with Crippen molar-refractivity contribution >= 4 is 11.8 Å². The Hall–Kier alpha value is -0.510. The van der Waals surface area contributed by atoms with Crippen molar-refractivity contribution in [2.45, 2.75) is 37.1 Å². The Labute approximate surface area is 122 Å². The fourth-order valence-corrected chi connectivity index (χ4v) is 3.39. The van der Waals surface area contributed by atoms with Crippen molar-refractivity contribution in [3.8, 4) is 0 Å². The lowest BCUT2D eigenvalue weighted by Gasteiger charge is -2.29. The van der Waals surface area contributed by atoms with Crippen LogP contribution in [0, 0.1) is 0 Å². The molecule has 1 heterocycles. The fraction of sp³-hybridized carbons (Fsp3) is 0.625. The molecule has 3 heteroatoms. The monoisotopic (exact) mass is 278 g/mol. The first kappa shape index (κ1) is 14.9. The molecular formula is C16H26N2S. The van der Waals surface area contributed by atoms with Gasteiger partial charge in [0.25, 0.3) is 0 Å². The van der Waals surface area contributed by atoms with Crippen molar-refractivity contribution in [1.82, 2.24) is 10.2 Å². The van der Waals surface area contributed by atoms with Gasteiger partial charge in [-0.25, -0.2) is 0 Å². The number of nitrogens with one attached hydrogen (secondary N) is 1. The maximum Gasteiger partial charge on any atom is 0.0167 e. The summed E-state index contributed by atoms with van der Waals surface area (Å²) in [6.07, 6.45) is 4.19. The highest BCUT2D eigenvalue weighted by Crippen LogP contribution is 2.15. The van der Waals surface area contributed by atoms with E-state index in [1.165, 1.54) is 43.8 Å². The molecule has 1 atom stereocenters. The maximum atomic E-state index is 3.64. The lowest BCUT2D eigenvalue weighted by molar-refractivity contribution is 0.210. The minimum absolute atomic E-state index is 0.606. The molecular weight excluding hydrogens is 252 g/mol. The van der Waals surface area contributed by atoms with E-state index in [1.807, 2.05) is 11.8 Å². The molecule has 0 bridgehead atoms. The van der Waals surface area contributed by atoms with Gasteiger partial charge in [0.1, 0.15) is 0 Å². The van der Waals surface area contributed by atoms with Gasteiger partial charge in [-0.15, -0.1) is 11.8 Å². The third-order valence-corrected chi connectivity index (χ3v) is 4.60.